The highest BCUT2D eigenvalue weighted by molar-refractivity contribution is 5.75. The number of aliphatic hydroxyl groups is 2. The van der Waals surface area contributed by atoms with Crippen molar-refractivity contribution in [2.45, 2.75) is 63.6 Å². The lowest BCUT2D eigenvalue weighted by molar-refractivity contribution is -0.142. The standard InChI is InChI=1S/C15H22O5/c1-7-4-11-9(8(2)14(18)19-11)5-13-15(3,20-13)12(17)6-10(7)16/h4,8-13,16-17H,5-6H2,1-3H3/b7-4-/t8-,9-,10-,11-,12-,13-,15+/m0/s1. The van der Waals surface area contributed by atoms with Crippen molar-refractivity contribution < 1.29 is 24.5 Å². The van der Waals surface area contributed by atoms with Crippen LogP contribution < -0.4 is 0 Å². The van der Waals surface area contributed by atoms with Crippen molar-refractivity contribution in [2.24, 2.45) is 11.8 Å². The molecule has 2 aliphatic heterocycles. The van der Waals surface area contributed by atoms with Crippen LogP contribution in [0.15, 0.2) is 11.6 Å². The van der Waals surface area contributed by atoms with E-state index in [-0.39, 0.29) is 36.4 Å². The zero-order valence-corrected chi connectivity index (χ0v) is 12.1. The fourth-order valence-corrected chi connectivity index (χ4v) is 3.38. The minimum atomic E-state index is -0.736. The molecule has 3 rings (SSSR count). The van der Waals surface area contributed by atoms with E-state index in [0.717, 1.165) is 5.57 Å². The molecule has 0 saturated carbocycles. The molecule has 2 heterocycles. The summed E-state index contributed by atoms with van der Waals surface area (Å²) in [5, 5.41) is 20.4. The molecular formula is C15H22O5. The molecule has 0 aromatic heterocycles. The second-order valence-corrected chi connectivity index (χ2v) is 6.56. The third kappa shape index (κ3) is 2.08. The molecule has 0 amide bonds. The average molecular weight is 282 g/mol. The summed E-state index contributed by atoms with van der Waals surface area (Å²) in [4.78, 5) is 11.8. The minimum absolute atomic E-state index is 0.0433. The van der Waals surface area contributed by atoms with Crippen LogP contribution in [-0.4, -0.2) is 46.2 Å². The molecule has 2 saturated heterocycles. The first-order valence-electron chi connectivity index (χ1n) is 7.25. The monoisotopic (exact) mass is 282 g/mol. The van der Waals surface area contributed by atoms with Crippen molar-refractivity contribution in [2.75, 3.05) is 0 Å². The van der Waals surface area contributed by atoms with Gasteiger partial charge in [-0.15, -0.1) is 0 Å². The van der Waals surface area contributed by atoms with Gasteiger partial charge in [-0.2, -0.15) is 0 Å². The number of carbonyl (C=O) groups excluding carboxylic acids is 1. The molecule has 0 bridgehead atoms. The molecule has 0 spiro atoms. The summed E-state index contributed by atoms with van der Waals surface area (Å²) in [6.45, 7) is 5.54. The van der Waals surface area contributed by atoms with Crippen molar-refractivity contribution in [1.29, 1.82) is 0 Å². The van der Waals surface area contributed by atoms with Crippen molar-refractivity contribution in [3.05, 3.63) is 11.6 Å². The first-order valence-corrected chi connectivity index (χ1v) is 7.25. The summed E-state index contributed by atoms with van der Waals surface area (Å²) in [5.41, 5.74) is 0.137. The van der Waals surface area contributed by atoms with Crippen LogP contribution >= 0.6 is 0 Å². The van der Waals surface area contributed by atoms with Crippen LogP contribution in [0.2, 0.25) is 0 Å². The van der Waals surface area contributed by atoms with Gasteiger partial charge in [0, 0.05) is 12.3 Å². The molecular weight excluding hydrogens is 260 g/mol. The number of hydrogen-bond acceptors (Lipinski definition) is 5. The Balaban J connectivity index is 1.92. The van der Waals surface area contributed by atoms with Gasteiger partial charge in [-0.05, 0) is 31.9 Å². The number of ether oxygens (including phenoxy) is 2. The van der Waals surface area contributed by atoms with Gasteiger partial charge < -0.3 is 19.7 Å². The lowest BCUT2D eigenvalue weighted by Gasteiger charge is -2.24. The number of hydrogen-bond donors (Lipinski definition) is 2. The molecule has 5 heteroatoms. The SMILES string of the molecule is C/C1=C/[C@@H]2OC(=O)[C@@H](C)[C@@H]2C[C@@H]2O[C@]2(C)[C@@H](O)C[C@@H]1O. The van der Waals surface area contributed by atoms with E-state index >= 15 is 0 Å². The minimum Gasteiger partial charge on any atom is -0.458 e. The van der Waals surface area contributed by atoms with Gasteiger partial charge in [0.2, 0.25) is 0 Å². The van der Waals surface area contributed by atoms with E-state index in [1.807, 2.05) is 19.9 Å². The quantitative estimate of drug-likeness (QED) is 0.390. The molecule has 20 heavy (non-hydrogen) atoms. The lowest BCUT2D eigenvalue weighted by Crippen LogP contribution is -2.35. The van der Waals surface area contributed by atoms with Gasteiger partial charge in [-0.25, -0.2) is 0 Å². The highest BCUT2D eigenvalue weighted by Crippen LogP contribution is 2.48. The topological polar surface area (TPSA) is 79.3 Å². The van der Waals surface area contributed by atoms with Crippen LogP contribution in [0.25, 0.3) is 0 Å². The van der Waals surface area contributed by atoms with Gasteiger partial charge in [0.25, 0.3) is 0 Å². The summed E-state index contributed by atoms with van der Waals surface area (Å²) >= 11 is 0. The highest BCUT2D eigenvalue weighted by atomic mass is 16.6. The Hall–Kier alpha value is -0.910. The second-order valence-electron chi connectivity index (χ2n) is 6.56. The summed E-state index contributed by atoms with van der Waals surface area (Å²) < 4.78 is 11.1. The predicted octanol–water partition coefficient (Wildman–Crippen LogP) is 0.783. The summed E-state index contributed by atoms with van der Waals surface area (Å²) in [6, 6.07) is 0. The zero-order chi connectivity index (χ0) is 14.7. The Labute approximate surface area is 118 Å². The maximum absolute atomic E-state index is 11.8. The molecule has 2 N–H and O–H groups in total. The van der Waals surface area contributed by atoms with Crippen LogP contribution in [0, 0.1) is 11.8 Å². The number of esters is 1. The van der Waals surface area contributed by atoms with Crippen LogP contribution in [0.5, 0.6) is 0 Å². The Morgan fingerprint density at radius 1 is 1.35 bits per heavy atom. The number of carbonyl (C=O) groups is 1. The molecule has 3 aliphatic rings. The first-order chi connectivity index (χ1) is 9.33. The van der Waals surface area contributed by atoms with E-state index < -0.39 is 17.8 Å². The number of fused-ring (bicyclic) bond motifs is 2. The van der Waals surface area contributed by atoms with Gasteiger partial charge in [0.1, 0.15) is 11.7 Å². The molecule has 0 aromatic rings. The third-order valence-electron chi connectivity index (χ3n) is 5.21. The molecule has 0 unspecified atom stereocenters. The van der Waals surface area contributed by atoms with Crippen LogP contribution in [-0.2, 0) is 14.3 Å². The molecule has 5 nitrogen and oxygen atoms in total. The maximum Gasteiger partial charge on any atom is 0.309 e. The zero-order valence-electron chi connectivity index (χ0n) is 12.1. The average Bonchev–Trinajstić information content (AvgIpc) is 2.97. The van der Waals surface area contributed by atoms with Crippen LogP contribution in [0.4, 0.5) is 0 Å². The van der Waals surface area contributed by atoms with E-state index in [2.05, 4.69) is 0 Å². The Bertz CT molecular complexity index is 459. The van der Waals surface area contributed by atoms with E-state index in [9.17, 15) is 15.0 Å². The van der Waals surface area contributed by atoms with Gasteiger partial charge in [0.15, 0.2) is 0 Å². The highest BCUT2D eigenvalue weighted by Gasteiger charge is 2.60. The van der Waals surface area contributed by atoms with Crippen molar-refractivity contribution >= 4 is 5.97 Å². The number of epoxide rings is 1. The summed E-state index contributed by atoms with van der Waals surface area (Å²) in [6.07, 6.45) is 0.975. The van der Waals surface area contributed by atoms with E-state index in [0.29, 0.717) is 6.42 Å². The van der Waals surface area contributed by atoms with Gasteiger partial charge in [-0.1, -0.05) is 6.92 Å². The van der Waals surface area contributed by atoms with Gasteiger partial charge >= 0.3 is 5.97 Å². The third-order valence-corrected chi connectivity index (χ3v) is 5.21. The Kier molecular flexibility index (Phi) is 3.19. The van der Waals surface area contributed by atoms with Crippen molar-refractivity contribution in [1.82, 2.24) is 0 Å². The molecule has 112 valence electrons. The Morgan fingerprint density at radius 2 is 2.05 bits per heavy atom. The fourth-order valence-electron chi connectivity index (χ4n) is 3.38. The van der Waals surface area contributed by atoms with E-state index in [1.54, 1.807) is 6.92 Å². The van der Waals surface area contributed by atoms with Crippen LogP contribution in [0.1, 0.15) is 33.6 Å². The molecule has 2 fully saturated rings. The van der Waals surface area contributed by atoms with Crippen molar-refractivity contribution in [3.63, 3.8) is 0 Å². The largest absolute Gasteiger partial charge is 0.458 e. The molecule has 0 aromatic carbocycles. The summed E-state index contributed by atoms with van der Waals surface area (Å²) in [5.74, 6) is -0.325. The van der Waals surface area contributed by atoms with Crippen molar-refractivity contribution in [3.8, 4) is 0 Å². The fraction of sp³-hybridized carbons (Fsp3) is 0.800. The lowest BCUT2D eigenvalue weighted by atomic mass is 9.81. The van der Waals surface area contributed by atoms with Gasteiger partial charge in [-0.3, -0.25) is 4.79 Å². The van der Waals surface area contributed by atoms with Crippen LogP contribution in [0.3, 0.4) is 0 Å². The predicted molar refractivity (Wildman–Crippen MR) is 70.8 cm³/mol. The maximum atomic E-state index is 11.8. The number of rotatable bonds is 0. The molecule has 7 atom stereocenters. The Morgan fingerprint density at radius 3 is 2.75 bits per heavy atom. The van der Waals surface area contributed by atoms with E-state index in [1.165, 1.54) is 0 Å². The van der Waals surface area contributed by atoms with Gasteiger partial charge in [0.05, 0.1) is 24.2 Å². The molecule has 1 aliphatic carbocycles. The second kappa shape index (κ2) is 4.55. The van der Waals surface area contributed by atoms with E-state index in [4.69, 9.17) is 9.47 Å². The normalized spacial score (nSPS) is 54.2. The molecule has 0 radical (unpaired) electrons. The first kappa shape index (κ1) is 14.0. The number of aliphatic hydroxyl groups excluding tert-OH is 2. The smallest absolute Gasteiger partial charge is 0.309 e. The summed E-state index contributed by atoms with van der Waals surface area (Å²) in [7, 11) is 0.